The molecular weight excluding hydrogens is 222 g/mol. The Morgan fingerprint density at radius 2 is 2.06 bits per heavy atom. The Balaban J connectivity index is 2.31. The number of carboxylic acids is 1. The van der Waals surface area contributed by atoms with E-state index < -0.39 is 12.0 Å². The lowest BCUT2D eigenvalue weighted by molar-refractivity contribution is -0.138. The summed E-state index contributed by atoms with van der Waals surface area (Å²) in [5.74, 6) is -1.13. The molecule has 1 rings (SSSR count). The normalized spacial score (nSPS) is 12.3. The molecule has 0 bridgehead atoms. The minimum absolute atomic E-state index is 0.130. The Hall–Kier alpha value is -1.75. The number of benzene rings is 1. The fourth-order valence-corrected chi connectivity index (χ4v) is 1.42. The third-order valence-electron chi connectivity index (χ3n) is 2.50. The molecule has 0 aromatic heterocycles. The molecule has 0 aliphatic rings. The molecule has 0 spiro atoms. The van der Waals surface area contributed by atoms with Gasteiger partial charge in [0.2, 0.25) is 0 Å². The number of hydrogen-bond acceptors (Lipinski definition) is 4. The van der Waals surface area contributed by atoms with Crippen LogP contribution in [0, 0.1) is 0 Å². The summed E-state index contributed by atoms with van der Waals surface area (Å²) in [4.78, 5) is 10.5. The molecule has 1 atom stereocenters. The maximum absolute atomic E-state index is 10.5. The summed E-state index contributed by atoms with van der Waals surface area (Å²) < 4.78 is 0. The Kier molecular flexibility index (Phi) is 4.78. The van der Waals surface area contributed by atoms with Gasteiger partial charge in [0, 0.05) is 0 Å². The quantitative estimate of drug-likeness (QED) is 0.441. The topological polar surface area (TPSA) is 89.8 Å². The van der Waals surface area contributed by atoms with Gasteiger partial charge in [-0.05, 0) is 44.0 Å². The number of nitrogens with one attached hydrogen (secondary N) is 1. The predicted octanol–water partition coefficient (Wildman–Crippen LogP) is 1.09. The summed E-state index contributed by atoms with van der Waals surface area (Å²) >= 11 is 0. The lowest BCUT2D eigenvalue weighted by Crippen LogP contribution is -2.34. The zero-order valence-electron chi connectivity index (χ0n) is 9.68. The zero-order valence-corrected chi connectivity index (χ0v) is 9.68. The summed E-state index contributed by atoms with van der Waals surface area (Å²) in [7, 11) is 0. The monoisotopic (exact) mass is 239 g/mol. The molecule has 94 valence electrons. The van der Waals surface area contributed by atoms with Crippen LogP contribution >= 0.6 is 0 Å². The molecular formula is C12H17NO4. The Morgan fingerprint density at radius 3 is 2.65 bits per heavy atom. The molecule has 1 aromatic rings. The van der Waals surface area contributed by atoms with Crippen LogP contribution in [0.25, 0.3) is 0 Å². The SMILES string of the molecule is CC(NCCCc1ccc(O)c(O)c1)C(=O)O. The van der Waals surface area contributed by atoms with E-state index in [4.69, 9.17) is 10.2 Å². The van der Waals surface area contributed by atoms with Gasteiger partial charge in [0.05, 0.1) is 0 Å². The average Bonchev–Trinajstić information content (AvgIpc) is 2.28. The maximum atomic E-state index is 10.5. The number of aromatic hydroxyl groups is 2. The van der Waals surface area contributed by atoms with Crippen LogP contribution in [0.5, 0.6) is 11.5 Å². The number of rotatable bonds is 6. The molecule has 1 aromatic carbocycles. The lowest BCUT2D eigenvalue weighted by Gasteiger charge is -2.09. The molecule has 0 aliphatic heterocycles. The van der Waals surface area contributed by atoms with Crippen molar-refractivity contribution in [2.45, 2.75) is 25.8 Å². The molecule has 17 heavy (non-hydrogen) atoms. The molecule has 0 amide bonds. The van der Waals surface area contributed by atoms with Gasteiger partial charge in [0.15, 0.2) is 11.5 Å². The number of aliphatic carboxylic acids is 1. The number of phenols is 2. The van der Waals surface area contributed by atoms with Gasteiger partial charge >= 0.3 is 5.97 Å². The van der Waals surface area contributed by atoms with Crippen LogP contribution in [0.1, 0.15) is 18.9 Å². The standard InChI is InChI=1S/C12H17NO4/c1-8(12(16)17)13-6-2-3-9-4-5-10(14)11(15)7-9/h4-5,7-8,13-15H,2-3,6H2,1H3,(H,16,17). The Labute approximate surface area is 99.7 Å². The van der Waals surface area contributed by atoms with Crippen LogP contribution in [0.2, 0.25) is 0 Å². The first kappa shape index (κ1) is 13.3. The van der Waals surface area contributed by atoms with Crippen LogP contribution in [-0.2, 0) is 11.2 Å². The van der Waals surface area contributed by atoms with Gasteiger partial charge in [-0.15, -0.1) is 0 Å². The fourth-order valence-electron chi connectivity index (χ4n) is 1.42. The maximum Gasteiger partial charge on any atom is 0.320 e. The van der Waals surface area contributed by atoms with Gasteiger partial charge in [-0.3, -0.25) is 4.79 Å². The Morgan fingerprint density at radius 1 is 1.35 bits per heavy atom. The van der Waals surface area contributed by atoms with E-state index in [9.17, 15) is 9.90 Å². The van der Waals surface area contributed by atoms with Crippen molar-refractivity contribution in [3.05, 3.63) is 23.8 Å². The van der Waals surface area contributed by atoms with Gasteiger partial charge in [-0.25, -0.2) is 0 Å². The molecule has 0 radical (unpaired) electrons. The second kappa shape index (κ2) is 6.10. The second-order valence-electron chi connectivity index (χ2n) is 3.94. The van der Waals surface area contributed by atoms with E-state index in [-0.39, 0.29) is 11.5 Å². The van der Waals surface area contributed by atoms with Crippen molar-refractivity contribution in [3.63, 3.8) is 0 Å². The van der Waals surface area contributed by atoms with E-state index in [1.165, 1.54) is 12.1 Å². The summed E-state index contributed by atoms with van der Waals surface area (Å²) in [5.41, 5.74) is 0.907. The van der Waals surface area contributed by atoms with Gasteiger partial charge in [-0.1, -0.05) is 6.07 Å². The highest BCUT2D eigenvalue weighted by molar-refractivity contribution is 5.72. The van der Waals surface area contributed by atoms with Crippen molar-refractivity contribution in [1.29, 1.82) is 0 Å². The van der Waals surface area contributed by atoms with Crippen molar-refractivity contribution in [1.82, 2.24) is 5.32 Å². The molecule has 5 heteroatoms. The number of aryl methyl sites for hydroxylation is 1. The number of carbonyl (C=O) groups is 1. The highest BCUT2D eigenvalue weighted by atomic mass is 16.4. The van der Waals surface area contributed by atoms with Gasteiger partial charge in [0.25, 0.3) is 0 Å². The van der Waals surface area contributed by atoms with E-state index in [1.807, 2.05) is 0 Å². The number of phenolic OH excluding ortho intramolecular Hbond substituents is 2. The van der Waals surface area contributed by atoms with Crippen LogP contribution in [-0.4, -0.2) is 33.9 Å². The summed E-state index contributed by atoms with van der Waals surface area (Å²) in [6.45, 7) is 2.18. The Bertz CT molecular complexity index is 392. The van der Waals surface area contributed by atoms with E-state index in [1.54, 1.807) is 13.0 Å². The molecule has 0 saturated carbocycles. The van der Waals surface area contributed by atoms with Crippen LogP contribution in [0.4, 0.5) is 0 Å². The largest absolute Gasteiger partial charge is 0.504 e. The highest BCUT2D eigenvalue weighted by Gasteiger charge is 2.08. The molecule has 1 unspecified atom stereocenters. The van der Waals surface area contributed by atoms with Gasteiger partial charge < -0.3 is 20.6 Å². The average molecular weight is 239 g/mol. The fraction of sp³-hybridized carbons (Fsp3) is 0.417. The number of carboxylic acid groups (broad SMARTS) is 1. The van der Waals surface area contributed by atoms with E-state index in [0.717, 1.165) is 12.0 Å². The van der Waals surface area contributed by atoms with Crippen LogP contribution in [0.3, 0.4) is 0 Å². The highest BCUT2D eigenvalue weighted by Crippen LogP contribution is 2.25. The summed E-state index contributed by atoms with van der Waals surface area (Å²) in [5, 5.41) is 29.9. The van der Waals surface area contributed by atoms with Gasteiger partial charge in [0.1, 0.15) is 6.04 Å². The van der Waals surface area contributed by atoms with Crippen molar-refractivity contribution in [2.75, 3.05) is 6.54 Å². The molecule has 0 saturated heterocycles. The first-order chi connectivity index (χ1) is 8.00. The van der Waals surface area contributed by atoms with Crippen LogP contribution < -0.4 is 5.32 Å². The minimum Gasteiger partial charge on any atom is -0.504 e. The van der Waals surface area contributed by atoms with Crippen molar-refractivity contribution >= 4 is 5.97 Å². The summed E-state index contributed by atoms with van der Waals surface area (Å²) in [6.07, 6.45) is 1.48. The lowest BCUT2D eigenvalue weighted by atomic mass is 10.1. The zero-order chi connectivity index (χ0) is 12.8. The van der Waals surface area contributed by atoms with Crippen molar-refractivity contribution in [2.24, 2.45) is 0 Å². The molecule has 0 fully saturated rings. The van der Waals surface area contributed by atoms with Crippen molar-refractivity contribution < 1.29 is 20.1 Å². The van der Waals surface area contributed by atoms with Crippen molar-refractivity contribution in [3.8, 4) is 11.5 Å². The second-order valence-corrected chi connectivity index (χ2v) is 3.94. The summed E-state index contributed by atoms with van der Waals surface area (Å²) in [6, 6.07) is 4.13. The smallest absolute Gasteiger partial charge is 0.320 e. The van der Waals surface area contributed by atoms with Gasteiger partial charge in [-0.2, -0.15) is 0 Å². The molecule has 4 N–H and O–H groups in total. The van der Waals surface area contributed by atoms with Crippen LogP contribution in [0.15, 0.2) is 18.2 Å². The molecule has 5 nitrogen and oxygen atoms in total. The minimum atomic E-state index is -0.868. The predicted molar refractivity (Wildman–Crippen MR) is 63.2 cm³/mol. The van der Waals surface area contributed by atoms with E-state index in [0.29, 0.717) is 13.0 Å². The number of hydrogen-bond donors (Lipinski definition) is 4. The molecule has 0 heterocycles. The third kappa shape index (κ3) is 4.32. The first-order valence-corrected chi connectivity index (χ1v) is 5.47. The first-order valence-electron chi connectivity index (χ1n) is 5.47. The van der Waals surface area contributed by atoms with E-state index in [2.05, 4.69) is 5.32 Å². The van der Waals surface area contributed by atoms with E-state index >= 15 is 0 Å². The third-order valence-corrected chi connectivity index (χ3v) is 2.50. The molecule has 0 aliphatic carbocycles.